The number of hydrogen-bond acceptors (Lipinski definition) is 0. The van der Waals surface area contributed by atoms with Crippen LogP contribution in [0.15, 0.2) is 30.3 Å². The Balaban J connectivity index is 2.89. The molecule has 0 aliphatic carbocycles. The van der Waals surface area contributed by atoms with Crippen molar-refractivity contribution in [3.05, 3.63) is 47.8 Å². The number of hydrogen-bond donors (Lipinski definition) is 0. The Morgan fingerprint density at radius 2 is 2.00 bits per heavy atom. The summed E-state index contributed by atoms with van der Waals surface area (Å²) in [7, 11) is 0. The van der Waals surface area contributed by atoms with Gasteiger partial charge in [-0.2, -0.15) is 0 Å². The van der Waals surface area contributed by atoms with Gasteiger partial charge in [0.1, 0.15) is 5.82 Å². The summed E-state index contributed by atoms with van der Waals surface area (Å²) in [6.45, 7) is 1.84. The van der Waals surface area contributed by atoms with Gasteiger partial charge in [-0.15, -0.1) is 0 Å². The van der Waals surface area contributed by atoms with Crippen LogP contribution in [0.2, 0.25) is 0 Å². The first-order valence-electron chi connectivity index (χ1n) is 3.84. The molecule has 0 aliphatic heterocycles. The van der Waals surface area contributed by atoms with Gasteiger partial charge in [-0.05, 0) is 30.0 Å². The maximum absolute atomic E-state index is 13.2. The number of fused-ring (bicyclic) bond motifs is 1. The zero-order valence-corrected chi connectivity index (χ0v) is 6.76. The molecule has 59 valence electrons. The molecule has 0 heterocycles. The largest absolute Gasteiger partial charge is 0.206 e. The Morgan fingerprint density at radius 3 is 2.83 bits per heavy atom. The topological polar surface area (TPSA) is 0 Å². The fourth-order valence-electron chi connectivity index (χ4n) is 1.32. The van der Waals surface area contributed by atoms with Crippen LogP contribution in [0.25, 0.3) is 10.8 Å². The van der Waals surface area contributed by atoms with E-state index in [9.17, 15) is 4.39 Å². The highest BCUT2D eigenvalue weighted by Crippen LogP contribution is 2.18. The van der Waals surface area contributed by atoms with Crippen LogP contribution in [0.4, 0.5) is 4.39 Å². The zero-order chi connectivity index (χ0) is 8.55. The van der Waals surface area contributed by atoms with Crippen molar-refractivity contribution in [3.8, 4) is 0 Å². The molecule has 0 saturated carbocycles. The molecule has 2 aromatic carbocycles. The van der Waals surface area contributed by atoms with Crippen LogP contribution in [0.1, 0.15) is 5.56 Å². The van der Waals surface area contributed by atoms with Crippen LogP contribution in [-0.2, 0) is 0 Å². The van der Waals surface area contributed by atoms with Crippen LogP contribution < -0.4 is 0 Å². The maximum Gasteiger partial charge on any atom is 0.131 e. The van der Waals surface area contributed by atoms with Gasteiger partial charge >= 0.3 is 0 Å². The van der Waals surface area contributed by atoms with Crippen molar-refractivity contribution in [1.82, 2.24) is 0 Å². The highest BCUT2D eigenvalue weighted by Gasteiger charge is 1.99. The van der Waals surface area contributed by atoms with E-state index in [1.165, 1.54) is 6.07 Å². The number of aryl methyl sites for hydroxylation is 1. The van der Waals surface area contributed by atoms with Gasteiger partial charge < -0.3 is 0 Å². The van der Waals surface area contributed by atoms with Gasteiger partial charge in [-0.25, -0.2) is 4.39 Å². The molecule has 0 spiro atoms. The van der Waals surface area contributed by atoms with Crippen LogP contribution in [0.3, 0.4) is 0 Å². The molecular weight excluding hydrogens is 151 g/mol. The van der Waals surface area contributed by atoms with Gasteiger partial charge in [0.2, 0.25) is 0 Å². The molecule has 0 fully saturated rings. The quantitative estimate of drug-likeness (QED) is 0.554. The molecule has 0 saturated heterocycles. The Labute approximate surface area is 70.6 Å². The minimum atomic E-state index is -0.165. The second-order valence-corrected chi connectivity index (χ2v) is 2.85. The van der Waals surface area contributed by atoms with Crippen molar-refractivity contribution >= 4 is 10.8 Å². The molecular formula is C11H8F. The van der Waals surface area contributed by atoms with Crippen molar-refractivity contribution in [2.75, 3.05) is 0 Å². The Kier molecular flexibility index (Phi) is 1.58. The van der Waals surface area contributed by atoms with E-state index in [2.05, 4.69) is 6.07 Å². The highest BCUT2D eigenvalue weighted by atomic mass is 19.1. The summed E-state index contributed by atoms with van der Waals surface area (Å²) in [6, 6.07) is 11.9. The van der Waals surface area contributed by atoms with Gasteiger partial charge in [0, 0.05) is 5.39 Å². The molecule has 0 amide bonds. The van der Waals surface area contributed by atoms with E-state index in [0.717, 1.165) is 10.9 Å². The van der Waals surface area contributed by atoms with Crippen molar-refractivity contribution in [2.24, 2.45) is 0 Å². The highest BCUT2D eigenvalue weighted by molar-refractivity contribution is 5.82. The predicted molar refractivity (Wildman–Crippen MR) is 47.5 cm³/mol. The van der Waals surface area contributed by atoms with Crippen LogP contribution >= 0.6 is 0 Å². The molecule has 0 unspecified atom stereocenters. The van der Waals surface area contributed by atoms with E-state index in [1.807, 2.05) is 25.1 Å². The minimum absolute atomic E-state index is 0.165. The standard InChI is InChI=1S/C11H8F/c1-8-6-9-4-2-3-5-10(9)11(12)7-8/h2-5,7H,1H3. The molecule has 1 heteroatoms. The molecule has 0 atom stereocenters. The van der Waals surface area contributed by atoms with Crippen LogP contribution in [-0.4, -0.2) is 0 Å². The summed E-state index contributed by atoms with van der Waals surface area (Å²) in [4.78, 5) is 0. The second-order valence-electron chi connectivity index (χ2n) is 2.85. The first-order valence-corrected chi connectivity index (χ1v) is 3.84. The third-order valence-electron chi connectivity index (χ3n) is 1.86. The third-order valence-corrected chi connectivity index (χ3v) is 1.86. The number of rotatable bonds is 0. The van der Waals surface area contributed by atoms with Gasteiger partial charge in [0.15, 0.2) is 0 Å². The van der Waals surface area contributed by atoms with Crippen molar-refractivity contribution in [2.45, 2.75) is 6.92 Å². The van der Waals surface area contributed by atoms with Gasteiger partial charge in [0.25, 0.3) is 0 Å². The Hall–Kier alpha value is -1.37. The van der Waals surface area contributed by atoms with E-state index < -0.39 is 0 Å². The molecule has 0 bridgehead atoms. The number of halogens is 1. The maximum atomic E-state index is 13.2. The fraction of sp³-hybridized carbons (Fsp3) is 0.0909. The third kappa shape index (κ3) is 1.07. The first kappa shape index (κ1) is 7.29. The molecule has 2 aromatic rings. The van der Waals surface area contributed by atoms with E-state index in [-0.39, 0.29) is 5.82 Å². The van der Waals surface area contributed by atoms with Crippen LogP contribution in [0.5, 0.6) is 0 Å². The average molecular weight is 159 g/mol. The normalized spacial score (nSPS) is 10.5. The molecule has 0 aliphatic rings. The van der Waals surface area contributed by atoms with Gasteiger partial charge in [-0.1, -0.05) is 24.3 Å². The fourth-order valence-corrected chi connectivity index (χ4v) is 1.32. The van der Waals surface area contributed by atoms with Gasteiger partial charge in [-0.3, -0.25) is 0 Å². The molecule has 2 rings (SSSR count). The summed E-state index contributed by atoms with van der Waals surface area (Å²) < 4.78 is 13.2. The minimum Gasteiger partial charge on any atom is -0.206 e. The lowest BCUT2D eigenvalue weighted by Gasteiger charge is -1.99. The first-order chi connectivity index (χ1) is 5.77. The smallest absolute Gasteiger partial charge is 0.131 e. The summed E-state index contributed by atoms with van der Waals surface area (Å²) in [5.41, 5.74) is 0.839. The molecule has 12 heavy (non-hydrogen) atoms. The van der Waals surface area contributed by atoms with Crippen LogP contribution in [0, 0.1) is 18.8 Å². The lowest BCUT2D eigenvalue weighted by molar-refractivity contribution is 0.638. The van der Waals surface area contributed by atoms with Crippen molar-refractivity contribution in [1.29, 1.82) is 0 Å². The molecule has 0 nitrogen and oxygen atoms in total. The lowest BCUT2D eigenvalue weighted by atomic mass is 10.1. The van der Waals surface area contributed by atoms with E-state index >= 15 is 0 Å². The summed E-state index contributed by atoms with van der Waals surface area (Å²) in [6.07, 6.45) is 0. The van der Waals surface area contributed by atoms with E-state index in [4.69, 9.17) is 0 Å². The predicted octanol–water partition coefficient (Wildman–Crippen LogP) is 3.09. The monoisotopic (exact) mass is 159 g/mol. The van der Waals surface area contributed by atoms with Crippen molar-refractivity contribution in [3.63, 3.8) is 0 Å². The van der Waals surface area contributed by atoms with Crippen molar-refractivity contribution < 1.29 is 4.39 Å². The number of benzene rings is 2. The SMILES string of the molecule is Cc1[c]c2ccccc2c(F)c1. The zero-order valence-electron chi connectivity index (χ0n) is 6.76. The van der Waals surface area contributed by atoms with Gasteiger partial charge in [0.05, 0.1) is 0 Å². The Morgan fingerprint density at radius 1 is 1.25 bits per heavy atom. The lowest BCUT2D eigenvalue weighted by Crippen LogP contribution is -1.81. The average Bonchev–Trinajstić information content (AvgIpc) is 2.04. The molecule has 0 N–H and O–H groups in total. The summed E-state index contributed by atoms with van der Waals surface area (Å²) in [5.74, 6) is -0.165. The molecule has 0 aromatic heterocycles. The second kappa shape index (κ2) is 2.59. The van der Waals surface area contributed by atoms with E-state index in [1.54, 1.807) is 6.07 Å². The summed E-state index contributed by atoms with van der Waals surface area (Å²) >= 11 is 0. The summed E-state index contributed by atoms with van der Waals surface area (Å²) in [5, 5.41) is 1.48. The van der Waals surface area contributed by atoms with E-state index in [0.29, 0.717) is 5.39 Å². The Bertz CT molecular complexity index is 418. The molecule has 1 radical (unpaired) electrons.